The predicted molar refractivity (Wildman–Crippen MR) is 123 cm³/mol. The Hall–Kier alpha value is -3.78. The topological polar surface area (TPSA) is 89.2 Å². The van der Waals surface area contributed by atoms with Crippen molar-refractivity contribution in [3.05, 3.63) is 90.0 Å². The third kappa shape index (κ3) is 3.48. The van der Waals surface area contributed by atoms with Crippen LogP contribution >= 0.6 is 0 Å². The molecule has 0 aliphatic heterocycles. The lowest BCUT2D eigenvalue weighted by Crippen LogP contribution is -2.07. The van der Waals surface area contributed by atoms with Crippen molar-refractivity contribution in [3.8, 4) is 0 Å². The summed E-state index contributed by atoms with van der Waals surface area (Å²) in [5.74, 6) is 0.583. The molecule has 0 aliphatic carbocycles. The van der Waals surface area contributed by atoms with Gasteiger partial charge in [0.25, 0.3) is 0 Å². The number of aryl methyl sites for hydroxylation is 1. The second kappa shape index (κ2) is 8.05. The van der Waals surface area contributed by atoms with E-state index in [1.54, 1.807) is 30.3 Å². The van der Waals surface area contributed by atoms with Gasteiger partial charge >= 0.3 is 0 Å². The van der Waals surface area contributed by atoms with Crippen LogP contribution in [0.25, 0.3) is 16.6 Å². The number of anilines is 1. The van der Waals surface area contributed by atoms with Crippen molar-refractivity contribution < 1.29 is 8.42 Å². The van der Waals surface area contributed by atoms with Crippen molar-refractivity contribution in [2.24, 2.45) is 0 Å². The van der Waals surface area contributed by atoms with Gasteiger partial charge in [0.15, 0.2) is 5.65 Å². The van der Waals surface area contributed by atoms with Crippen molar-refractivity contribution in [2.75, 3.05) is 5.32 Å². The summed E-state index contributed by atoms with van der Waals surface area (Å²) < 4.78 is 27.9. The van der Waals surface area contributed by atoms with Crippen LogP contribution in [0.15, 0.2) is 88.8 Å². The molecule has 0 atom stereocenters. The van der Waals surface area contributed by atoms with Crippen LogP contribution < -0.4 is 5.32 Å². The van der Waals surface area contributed by atoms with Crippen LogP contribution in [-0.4, -0.2) is 28.2 Å². The number of rotatable bonds is 6. The molecule has 0 amide bonds. The van der Waals surface area contributed by atoms with Crippen LogP contribution in [-0.2, 0) is 22.8 Å². The summed E-state index contributed by atoms with van der Waals surface area (Å²) in [6, 6.07) is 24.2. The van der Waals surface area contributed by atoms with E-state index in [2.05, 4.69) is 51.8 Å². The number of fused-ring (bicyclic) bond motifs is 3. The summed E-state index contributed by atoms with van der Waals surface area (Å²) in [7, 11) is -3.87. The molecular formula is C24H21N5O2S. The highest BCUT2D eigenvalue weighted by Crippen LogP contribution is 2.28. The Morgan fingerprint density at radius 1 is 0.875 bits per heavy atom. The molecule has 0 fully saturated rings. The molecule has 7 nitrogen and oxygen atoms in total. The van der Waals surface area contributed by atoms with Gasteiger partial charge in [-0.05, 0) is 41.8 Å². The van der Waals surface area contributed by atoms with Crippen molar-refractivity contribution in [3.63, 3.8) is 0 Å². The molecule has 0 aliphatic rings. The van der Waals surface area contributed by atoms with Gasteiger partial charge in [0.05, 0.1) is 10.4 Å². The minimum atomic E-state index is -3.87. The van der Waals surface area contributed by atoms with E-state index in [1.165, 1.54) is 10.1 Å². The van der Waals surface area contributed by atoms with Gasteiger partial charge in [-0.25, -0.2) is 13.4 Å². The first-order valence-electron chi connectivity index (χ1n) is 10.3. The first-order valence-corrected chi connectivity index (χ1v) is 11.8. The van der Waals surface area contributed by atoms with Crippen LogP contribution in [0.2, 0.25) is 0 Å². The quantitative estimate of drug-likeness (QED) is 0.421. The first-order chi connectivity index (χ1) is 15.6. The fourth-order valence-corrected chi connectivity index (χ4v) is 4.90. The number of sulfone groups is 1. The molecule has 0 saturated heterocycles. The SMILES string of the molecule is CCc1ccc(CNc2nc3c(S(=O)(=O)c4ccccc4)nnn3c3ccccc23)cc1. The monoisotopic (exact) mass is 443 g/mol. The Balaban J connectivity index is 1.61. The van der Waals surface area contributed by atoms with E-state index >= 15 is 0 Å². The lowest BCUT2D eigenvalue weighted by molar-refractivity contribution is 0.592. The van der Waals surface area contributed by atoms with Gasteiger partial charge in [0.1, 0.15) is 5.82 Å². The fraction of sp³-hybridized carbons (Fsp3) is 0.125. The van der Waals surface area contributed by atoms with Crippen molar-refractivity contribution in [2.45, 2.75) is 29.8 Å². The third-order valence-electron chi connectivity index (χ3n) is 5.42. The molecule has 0 bridgehead atoms. The van der Waals surface area contributed by atoms with Gasteiger partial charge in [0.2, 0.25) is 14.9 Å². The van der Waals surface area contributed by atoms with Gasteiger partial charge in [0, 0.05) is 11.9 Å². The van der Waals surface area contributed by atoms with E-state index in [0.29, 0.717) is 12.4 Å². The maximum Gasteiger partial charge on any atom is 0.229 e. The largest absolute Gasteiger partial charge is 0.365 e. The molecule has 8 heteroatoms. The molecule has 5 rings (SSSR count). The number of benzene rings is 3. The number of hydrogen-bond donors (Lipinski definition) is 1. The van der Waals surface area contributed by atoms with Crippen LogP contribution in [0.3, 0.4) is 0 Å². The Morgan fingerprint density at radius 2 is 1.56 bits per heavy atom. The zero-order valence-electron chi connectivity index (χ0n) is 17.4. The molecule has 160 valence electrons. The first kappa shape index (κ1) is 20.1. The third-order valence-corrected chi connectivity index (χ3v) is 7.09. The highest BCUT2D eigenvalue weighted by Gasteiger charge is 2.26. The average Bonchev–Trinajstić information content (AvgIpc) is 3.28. The zero-order valence-corrected chi connectivity index (χ0v) is 18.2. The number of hydrogen-bond acceptors (Lipinski definition) is 6. The van der Waals surface area contributed by atoms with Gasteiger partial charge in [-0.2, -0.15) is 4.52 Å². The van der Waals surface area contributed by atoms with Crippen LogP contribution in [0, 0.1) is 0 Å². The Labute approximate surface area is 185 Å². The number of nitrogens with zero attached hydrogens (tertiary/aromatic N) is 4. The number of para-hydroxylation sites is 1. The molecule has 0 saturated carbocycles. The molecule has 32 heavy (non-hydrogen) atoms. The Kier molecular flexibility index (Phi) is 5.07. The summed E-state index contributed by atoms with van der Waals surface area (Å²) in [6.45, 7) is 2.68. The minimum Gasteiger partial charge on any atom is -0.365 e. The smallest absolute Gasteiger partial charge is 0.229 e. The maximum absolute atomic E-state index is 13.2. The lowest BCUT2D eigenvalue weighted by Gasteiger charge is -2.11. The molecule has 5 aromatic rings. The number of nitrogens with one attached hydrogen (secondary N) is 1. The summed E-state index contributed by atoms with van der Waals surface area (Å²) in [5, 5.41) is 12.2. The van der Waals surface area contributed by atoms with Gasteiger partial charge in [-0.1, -0.05) is 66.7 Å². The predicted octanol–water partition coefficient (Wildman–Crippen LogP) is 4.28. The standard InChI is InChI=1S/C24H21N5O2S/c1-2-17-12-14-18(15-13-17)16-25-22-20-10-6-7-11-21(20)29-23(26-22)24(27-28-29)32(30,31)19-8-4-3-5-9-19/h3-15H,2,16H2,1H3,(H,25,26). The molecule has 2 heterocycles. The normalized spacial score (nSPS) is 11.8. The molecule has 3 aromatic carbocycles. The highest BCUT2D eigenvalue weighted by molar-refractivity contribution is 7.91. The average molecular weight is 444 g/mol. The molecule has 2 aromatic heterocycles. The van der Waals surface area contributed by atoms with Gasteiger partial charge in [-0.3, -0.25) is 0 Å². The zero-order chi connectivity index (χ0) is 22.1. The molecule has 1 N–H and O–H groups in total. The van der Waals surface area contributed by atoms with E-state index in [1.807, 2.05) is 24.3 Å². The lowest BCUT2D eigenvalue weighted by atomic mass is 10.1. The molecule has 0 spiro atoms. The van der Waals surface area contributed by atoms with E-state index in [9.17, 15) is 8.42 Å². The molecule has 0 unspecified atom stereocenters. The van der Waals surface area contributed by atoms with E-state index in [0.717, 1.165) is 22.9 Å². The maximum atomic E-state index is 13.2. The highest BCUT2D eigenvalue weighted by atomic mass is 32.2. The second-order valence-corrected chi connectivity index (χ2v) is 9.31. The summed E-state index contributed by atoms with van der Waals surface area (Å²) in [6.07, 6.45) is 0.990. The Bertz CT molecular complexity index is 1510. The van der Waals surface area contributed by atoms with Crippen LogP contribution in [0.4, 0.5) is 5.82 Å². The van der Waals surface area contributed by atoms with Crippen molar-refractivity contribution in [1.29, 1.82) is 0 Å². The summed E-state index contributed by atoms with van der Waals surface area (Å²) >= 11 is 0. The number of aromatic nitrogens is 4. The summed E-state index contributed by atoms with van der Waals surface area (Å²) in [4.78, 5) is 4.81. The molecule has 0 radical (unpaired) electrons. The fourth-order valence-electron chi connectivity index (χ4n) is 3.64. The van der Waals surface area contributed by atoms with E-state index < -0.39 is 9.84 Å². The Morgan fingerprint density at radius 3 is 2.31 bits per heavy atom. The van der Waals surface area contributed by atoms with Gasteiger partial charge < -0.3 is 5.32 Å². The molecular weight excluding hydrogens is 422 g/mol. The van der Waals surface area contributed by atoms with Crippen molar-refractivity contribution in [1.82, 2.24) is 19.8 Å². The summed E-state index contributed by atoms with van der Waals surface area (Å²) in [5.41, 5.74) is 3.30. The second-order valence-electron chi connectivity index (χ2n) is 7.45. The van der Waals surface area contributed by atoms with Gasteiger partial charge in [-0.15, -0.1) is 5.10 Å². The van der Waals surface area contributed by atoms with E-state index in [4.69, 9.17) is 0 Å². The van der Waals surface area contributed by atoms with Crippen LogP contribution in [0.1, 0.15) is 18.1 Å². The van der Waals surface area contributed by atoms with E-state index in [-0.39, 0.29) is 15.6 Å². The van der Waals surface area contributed by atoms with Crippen molar-refractivity contribution >= 4 is 32.2 Å². The minimum absolute atomic E-state index is 0.155. The van der Waals surface area contributed by atoms with Crippen LogP contribution in [0.5, 0.6) is 0 Å².